The standard InChI is InChI=1S/C9H9FN2O/c1-5-8-6(4-11)2-3-7(10)9(8)13-12-5/h2-3H,4,11H2,1H3. The van der Waals surface area contributed by atoms with Gasteiger partial charge in [-0.15, -0.1) is 0 Å². The minimum atomic E-state index is -0.396. The Bertz CT molecular complexity index is 450. The third-order valence-electron chi connectivity index (χ3n) is 2.05. The fourth-order valence-electron chi connectivity index (χ4n) is 1.41. The van der Waals surface area contributed by atoms with Gasteiger partial charge in [0.15, 0.2) is 5.82 Å². The first-order valence-electron chi connectivity index (χ1n) is 3.97. The highest BCUT2D eigenvalue weighted by molar-refractivity contribution is 5.83. The molecule has 0 atom stereocenters. The van der Waals surface area contributed by atoms with Gasteiger partial charge in [-0.05, 0) is 18.6 Å². The molecule has 0 unspecified atom stereocenters. The maximum Gasteiger partial charge on any atom is 0.202 e. The summed E-state index contributed by atoms with van der Waals surface area (Å²) >= 11 is 0. The highest BCUT2D eigenvalue weighted by Crippen LogP contribution is 2.24. The van der Waals surface area contributed by atoms with Crippen molar-refractivity contribution in [3.63, 3.8) is 0 Å². The Hall–Kier alpha value is -1.42. The van der Waals surface area contributed by atoms with Gasteiger partial charge >= 0.3 is 0 Å². The summed E-state index contributed by atoms with van der Waals surface area (Å²) in [6.07, 6.45) is 0. The fraction of sp³-hybridized carbons (Fsp3) is 0.222. The zero-order valence-electron chi connectivity index (χ0n) is 7.17. The Morgan fingerprint density at radius 1 is 1.54 bits per heavy atom. The molecule has 13 heavy (non-hydrogen) atoms. The Labute approximate surface area is 74.3 Å². The van der Waals surface area contributed by atoms with Crippen molar-refractivity contribution < 1.29 is 8.91 Å². The second kappa shape index (κ2) is 2.81. The Balaban J connectivity index is 2.88. The number of fused-ring (bicyclic) bond motifs is 1. The number of aromatic nitrogens is 1. The quantitative estimate of drug-likeness (QED) is 0.727. The smallest absolute Gasteiger partial charge is 0.202 e. The number of aryl methyl sites for hydroxylation is 1. The van der Waals surface area contributed by atoms with E-state index in [1.54, 1.807) is 13.0 Å². The van der Waals surface area contributed by atoms with Crippen LogP contribution in [0.1, 0.15) is 11.3 Å². The van der Waals surface area contributed by atoms with Gasteiger partial charge in [-0.1, -0.05) is 11.2 Å². The highest BCUT2D eigenvalue weighted by atomic mass is 19.1. The van der Waals surface area contributed by atoms with E-state index in [0.29, 0.717) is 17.6 Å². The van der Waals surface area contributed by atoms with E-state index in [1.165, 1.54) is 6.07 Å². The topological polar surface area (TPSA) is 52.0 Å². The summed E-state index contributed by atoms with van der Waals surface area (Å²) in [5.74, 6) is -0.396. The van der Waals surface area contributed by atoms with Crippen LogP contribution in [0.2, 0.25) is 0 Å². The molecule has 3 nitrogen and oxygen atoms in total. The molecule has 1 aromatic heterocycles. The Kier molecular flexibility index (Phi) is 1.77. The van der Waals surface area contributed by atoms with Crippen molar-refractivity contribution in [2.75, 3.05) is 0 Å². The Morgan fingerprint density at radius 3 is 3.00 bits per heavy atom. The first-order valence-corrected chi connectivity index (χ1v) is 3.97. The number of rotatable bonds is 1. The fourth-order valence-corrected chi connectivity index (χ4v) is 1.41. The number of nitrogens with zero attached hydrogens (tertiary/aromatic N) is 1. The van der Waals surface area contributed by atoms with Gasteiger partial charge in [0.25, 0.3) is 0 Å². The molecule has 2 N–H and O–H groups in total. The normalized spacial score (nSPS) is 11.0. The lowest BCUT2D eigenvalue weighted by Crippen LogP contribution is -1.97. The molecule has 2 aromatic rings. The molecule has 0 fully saturated rings. The second-order valence-electron chi connectivity index (χ2n) is 2.88. The molecule has 0 saturated carbocycles. The van der Waals surface area contributed by atoms with Crippen molar-refractivity contribution in [1.82, 2.24) is 5.16 Å². The van der Waals surface area contributed by atoms with Gasteiger partial charge in [-0.25, -0.2) is 4.39 Å². The molecular formula is C9H9FN2O. The first-order chi connectivity index (χ1) is 6.24. The molecule has 0 aliphatic rings. The van der Waals surface area contributed by atoms with E-state index in [1.807, 2.05) is 0 Å². The molecule has 2 rings (SSSR count). The van der Waals surface area contributed by atoms with Gasteiger partial charge in [0.1, 0.15) is 0 Å². The van der Waals surface area contributed by atoms with Crippen LogP contribution in [0, 0.1) is 12.7 Å². The highest BCUT2D eigenvalue weighted by Gasteiger charge is 2.12. The van der Waals surface area contributed by atoms with E-state index in [-0.39, 0.29) is 5.58 Å². The molecule has 0 spiro atoms. The van der Waals surface area contributed by atoms with Crippen LogP contribution in [0.3, 0.4) is 0 Å². The van der Waals surface area contributed by atoms with E-state index < -0.39 is 5.82 Å². The van der Waals surface area contributed by atoms with E-state index in [4.69, 9.17) is 10.3 Å². The third kappa shape index (κ3) is 1.10. The summed E-state index contributed by atoms with van der Waals surface area (Å²) in [5.41, 5.74) is 7.23. The van der Waals surface area contributed by atoms with Gasteiger partial charge in [0.2, 0.25) is 5.58 Å². The zero-order chi connectivity index (χ0) is 9.42. The molecule has 1 aromatic carbocycles. The summed E-state index contributed by atoms with van der Waals surface area (Å²) in [4.78, 5) is 0. The molecule has 0 radical (unpaired) electrons. The van der Waals surface area contributed by atoms with Crippen LogP contribution in [-0.4, -0.2) is 5.16 Å². The van der Waals surface area contributed by atoms with Crippen molar-refractivity contribution in [3.05, 3.63) is 29.2 Å². The summed E-state index contributed by atoms with van der Waals surface area (Å²) in [7, 11) is 0. The zero-order valence-corrected chi connectivity index (χ0v) is 7.17. The summed E-state index contributed by atoms with van der Waals surface area (Å²) in [6, 6.07) is 3.00. The number of benzene rings is 1. The second-order valence-corrected chi connectivity index (χ2v) is 2.88. The SMILES string of the molecule is Cc1noc2c(F)ccc(CN)c12. The number of hydrogen-bond acceptors (Lipinski definition) is 3. The van der Waals surface area contributed by atoms with Gasteiger partial charge < -0.3 is 10.3 Å². The largest absolute Gasteiger partial charge is 0.353 e. The van der Waals surface area contributed by atoms with E-state index in [0.717, 1.165) is 5.56 Å². The average Bonchev–Trinajstić information content (AvgIpc) is 2.51. The van der Waals surface area contributed by atoms with Crippen molar-refractivity contribution in [1.29, 1.82) is 0 Å². The maximum absolute atomic E-state index is 13.1. The van der Waals surface area contributed by atoms with Gasteiger partial charge in [-0.2, -0.15) is 0 Å². The summed E-state index contributed by atoms with van der Waals surface area (Å²) in [5, 5.41) is 4.39. The van der Waals surface area contributed by atoms with Crippen LogP contribution in [0.5, 0.6) is 0 Å². The summed E-state index contributed by atoms with van der Waals surface area (Å²) < 4.78 is 18.0. The van der Waals surface area contributed by atoms with Crippen LogP contribution < -0.4 is 5.73 Å². The van der Waals surface area contributed by atoms with Crippen LogP contribution in [-0.2, 0) is 6.54 Å². The van der Waals surface area contributed by atoms with Crippen LogP contribution in [0.4, 0.5) is 4.39 Å². The van der Waals surface area contributed by atoms with Crippen LogP contribution in [0.25, 0.3) is 11.0 Å². The molecule has 0 amide bonds. The van der Waals surface area contributed by atoms with Crippen LogP contribution >= 0.6 is 0 Å². The van der Waals surface area contributed by atoms with Crippen molar-refractivity contribution in [2.24, 2.45) is 5.73 Å². The van der Waals surface area contributed by atoms with Crippen molar-refractivity contribution in [2.45, 2.75) is 13.5 Å². The maximum atomic E-state index is 13.1. The molecule has 0 saturated heterocycles. The minimum Gasteiger partial charge on any atom is -0.353 e. The predicted octanol–water partition coefficient (Wildman–Crippen LogP) is 1.73. The van der Waals surface area contributed by atoms with Gasteiger partial charge in [-0.3, -0.25) is 0 Å². The number of halogens is 1. The predicted molar refractivity (Wildman–Crippen MR) is 46.6 cm³/mol. The third-order valence-corrected chi connectivity index (χ3v) is 2.05. The lowest BCUT2D eigenvalue weighted by molar-refractivity contribution is 0.435. The van der Waals surface area contributed by atoms with Gasteiger partial charge in [0, 0.05) is 6.54 Å². The number of nitrogens with two attached hydrogens (primary N) is 1. The van der Waals surface area contributed by atoms with Gasteiger partial charge in [0.05, 0.1) is 11.1 Å². The van der Waals surface area contributed by atoms with E-state index in [2.05, 4.69) is 5.16 Å². The number of hydrogen-bond donors (Lipinski definition) is 1. The molecule has 0 bridgehead atoms. The minimum absolute atomic E-state index is 0.195. The molecule has 68 valence electrons. The summed E-state index contributed by atoms with van der Waals surface area (Å²) in [6.45, 7) is 2.13. The lowest BCUT2D eigenvalue weighted by Gasteiger charge is -1.98. The lowest BCUT2D eigenvalue weighted by atomic mass is 10.1. The molecule has 0 aliphatic heterocycles. The molecule has 0 aliphatic carbocycles. The van der Waals surface area contributed by atoms with Crippen molar-refractivity contribution in [3.8, 4) is 0 Å². The first kappa shape index (κ1) is 8.19. The average molecular weight is 180 g/mol. The van der Waals surface area contributed by atoms with E-state index in [9.17, 15) is 4.39 Å². The Morgan fingerprint density at radius 2 is 2.31 bits per heavy atom. The van der Waals surface area contributed by atoms with Crippen LogP contribution in [0.15, 0.2) is 16.7 Å². The molecule has 4 heteroatoms. The van der Waals surface area contributed by atoms with Crippen molar-refractivity contribution >= 4 is 11.0 Å². The molecular weight excluding hydrogens is 171 g/mol. The molecule has 1 heterocycles. The monoisotopic (exact) mass is 180 g/mol. The van der Waals surface area contributed by atoms with E-state index >= 15 is 0 Å².